The fourth-order valence-electron chi connectivity index (χ4n) is 0.876. The van der Waals surface area contributed by atoms with Gasteiger partial charge in [-0.3, -0.25) is 4.99 Å². The summed E-state index contributed by atoms with van der Waals surface area (Å²) in [6.07, 6.45) is 1.13. The van der Waals surface area contributed by atoms with Gasteiger partial charge in [-0.15, -0.1) is 11.6 Å². The summed E-state index contributed by atoms with van der Waals surface area (Å²) in [5, 5.41) is 3.18. The van der Waals surface area contributed by atoms with E-state index in [1.165, 1.54) is 0 Å². The molecule has 1 rings (SSSR count). The van der Waals surface area contributed by atoms with Crippen LogP contribution in [0.25, 0.3) is 0 Å². The van der Waals surface area contributed by atoms with E-state index in [2.05, 4.69) is 17.2 Å². The summed E-state index contributed by atoms with van der Waals surface area (Å²) in [5.41, 5.74) is 0. The minimum Gasteiger partial charge on any atom is -0.370 e. The van der Waals surface area contributed by atoms with Crippen LogP contribution in [0.4, 0.5) is 0 Å². The van der Waals surface area contributed by atoms with Crippen LogP contribution in [0.1, 0.15) is 13.3 Å². The molecule has 52 valence electrons. The van der Waals surface area contributed by atoms with Crippen molar-refractivity contribution in [3.05, 3.63) is 0 Å². The maximum Gasteiger partial charge on any atom is 0.111 e. The fraction of sp³-hybridized carbons (Fsp3) is 0.833. The van der Waals surface area contributed by atoms with Crippen LogP contribution < -0.4 is 5.32 Å². The van der Waals surface area contributed by atoms with Crippen molar-refractivity contribution in [2.75, 3.05) is 12.4 Å². The molecule has 0 aromatic carbocycles. The maximum absolute atomic E-state index is 5.55. The first-order valence-electron chi connectivity index (χ1n) is 3.18. The average molecular weight is 147 g/mol. The van der Waals surface area contributed by atoms with Crippen molar-refractivity contribution in [1.82, 2.24) is 5.32 Å². The Kier molecular flexibility index (Phi) is 2.34. The lowest BCUT2D eigenvalue weighted by atomic mass is 10.2. The van der Waals surface area contributed by atoms with Crippen LogP contribution in [-0.4, -0.2) is 24.3 Å². The molecule has 0 aromatic heterocycles. The molecular weight excluding hydrogens is 136 g/mol. The summed E-state index contributed by atoms with van der Waals surface area (Å²) in [5.74, 6) is 1.46. The smallest absolute Gasteiger partial charge is 0.111 e. The first-order valence-corrected chi connectivity index (χ1v) is 3.72. The second kappa shape index (κ2) is 3.06. The second-order valence-electron chi connectivity index (χ2n) is 2.30. The number of halogens is 1. The Labute approximate surface area is 60.3 Å². The number of nitrogens with zero attached hydrogens (tertiary/aromatic N) is 1. The number of hydrogen-bond donors (Lipinski definition) is 1. The molecule has 1 atom stereocenters. The van der Waals surface area contributed by atoms with Gasteiger partial charge >= 0.3 is 0 Å². The van der Waals surface area contributed by atoms with Gasteiger partial charge in [-0.05, 0) is 13.3 Å². The molecule has 3 heteroatoms. The Hall–Kier alpha value is -0.240. The Morgan fingerprint density at radius 3 is 3.11 bits per heavy atom. The molecule has 0 bridgehead atoms. The minimum atomic E-state index is 0.518. The SMILES string of the molecule is CC1CCN=C(CCl)N1. The summed E-state index contributed by atoms with van der Waals surface area (Å²) in [7, 11) is 0. The average Bonchev–Trinajstić information content (AvgIpc) is 1.88. The lowest BCUT2D eigenvalue weighted by Crippen LogP contribution is -2.37. The summed E-state index contributed by atoms with van der Waals surface area (Å²) in [4.78, 5) is 4.17. The van der Waals surface area contributed by atoms with Crippen molar-refractivity contribution in [2.24, 2.45) is 4.99 Å². The molecular formula is C6H11ClN2. The molecule has 0 saturated carbocycles. The molecule has 0 spiro atoms. The lowest BCUT2D eigenvalue weighted by molar-refractivity contribution is 0.586. The van der Waals surface area contributed by atoms with Gasteiger partial charge in [-0.1, -0.05) is 0 Å². The minimum absolute atomic E-state index is 0.518. The zero-order valence-electron chi connectivity index (χ0n) is 5.52. The molecule has 0 amide bonds. The van der Waals surface area contributed by atoms with E-state index in [1.807, 2.05) is 0 Å². The molecule has 0 saturated heterocycles. The third kappa shape index (κ3) is 1.86. The second-order valence-corrected chi connectivity index (χ2v) is 2.56. The van der Waals surface area contributed by atoms with Crippen LogP contribution in [0.3, 0.4) is 0 Å². The molecule has 1 heterocycles. The van der Waals surface area contributed by atoms with Crippen molar-refractivity contribution < 1.29 is 0 Å². The van der Waals surface area contributed by atoms with Crippen molar-refractivity contribution in [2.45, 2.75) is 19.4 Å². The van der Waals surface area contributed by atoms with E-state index in [9.17, 15) is 0 Å². The van der Waals surface area contributed by atoms with E-state index < -0.39 is 0 Å². The van der Waals surface area contributed by atoms with Gasteiger partial charge in [0.25, 0.3) is 0 Å². The fourth-order valence-corrected chi connectivity index (χ4v) is 1.04. The predicted molar refractivity (Wildman–Crippen MR) is 40.2 cm³/mol. The maximum atomic E-state index is 5.55. The molecule has 1 unspecified atom stereocenters. The van der Waals surface area contributed by atoms with Crippen molar-refractivity contribution in [3.63, 3.8) is 0 Å². The molecule has 0 radical (unpaired) electrons. The van der Waals surface area contributed by atoms with E-state index >= 15 is 0 Å². The Balaban J connectivity index is 2.43. The van der Waals surface area contributed by atoms with Crippen molar-refractivity contribution in [1.29, 1.82) is 0 Å². The molecule has 0 aromatic rings. The zero-order chi connectivity index (χ0) is 6.69. The first-order chi connectivity index (χ1) is 4.33. The zero-order valence-corrected chi connectivity index (χ0v) is 6.28. The highest BCUT2D eigenvalue weighted by molar-refractivity contribution is 6.28. The topological polar surface area (TPSA) is 24.4 Å². The number of amidine groups is 1. The summed E-state index contributed by atoms with van der Waals surface area (Å²) < 4.78 is 0. The summed E-state index contributed by atoms with van der Waals surface area (Å²) in [6, 6.07) is 0.552. The number of nitrogens with one attached hydrogen (secondary N) is 1. The van der Waals surface area contributed by atoms with Gasteiger partial charge < -0.3 is 5.32 Å². The Bertz CT molecular complexity index is 122. The van der Waals surface area contributed by atoms with E-state index in [0.717, 1.165) is 18.8 Å². The van der Waals surface area contributed by atoms with E-state index in [-0.39, 0.29) is 0 Å². The third-order valence-electron chi connectivity index (χ3n) is 1.40. The van der Waals surface area contributed by atoms with Gasteiger partial charge in [0.15, 0.2) is 0 Å². The largest absolute Gasteiger partial charge is 0.370 e. The standard InChI is InChI=1S/C6H11ClN2/c1-5-2-3-8-6(4-7)9-5/h5H,2-4H2,1H3,(H,8,9). The van der Waals surface area contributed by atoms with Crippen LogP contribution in [0, 0.1) is 0 Å². The van der Waals surface area contributed by atoms with E-state index in [0.29, 0.717) is 11.9 Å². The van der Waals surface area contributed by atoms with E-state index in [4.69, 9.17) is 11.6 Å². The number of rotatable bonds is 1. The van der Waals surface area contributed by atoms with Crippen LogP contribution >= 0.6 is 11.6 Å². The summed E-state index contributed by atoms with van der Waals surface area (Å²) in [6.45, 7) is 3.07. The van der Waals surface area contributed by atoms with Gasteiger partial charge in [0, 0.05) is 12.6 Å². The predicted octanol–water partition coefficient (Wildman–Crippen LogP) is 1.01. The molecule has 2 nitrogen and oxygen atoms in total. The summed E-state index contributed by atoms with van der Waals surface area (Å²) >= 11 is 5.55. The third-order valence-corrected chi connectivity index (χ3v) is 1.66. The highest BCUT2D eigenvalue weighted by Crippen LogP contribution is 1.98. The number of aliphatic imine (C=N–C) groups is 1. The lowest BCUT2D eigenvalue weighted by Gasteiger charge is -2.19. The molecule has 0 aliphatic carbocycles. The van der Waals surface area contributed by atoms with Gasteiger partial charge in [0.05, 0.1) is 5.88 Å². The molecule has 1 aliphatic rings. The molecule has 9 heavy (non-hydrogen) atoms. The molecule has 0 fully saturated rings. The van der Waals surface area contributed by atoms with Crippen LogP contribution in [0.2, 0.25) is 0 Å². The van der Waals surface area contributed by atoms with Crippen LogP contribution in [-0.2, 0) is 0 Å². The number of alkyl halides is 1. The van der Waals surface area contributed by atoms with Gasteiger partial charge in [-0.2, -0.15) is 0 Å². The van der Waals surface area contributed by atoms with Gasteiger partial charge in [-0.25, -0.2) is 0 Å². The molecule has 1 N–H and O–H groups in total. The van der Waals surface area contributed by atoms with Crippen molar-refractivity contribution >= 4 is 17.4 Å². The molecule has 1 aliphatic heterocycles. The van der Waals surface area contributed by atoms with Crippen LogP contribution in [0.15, 0.2) is 4.99 Å². The van der Waals surface area contributed by atoms with Gasteiger partial charge in [0.2, 0.25) is 0 Å². The number of hydrogen-bond acceptors (Lipinski definition) is 2. The normalized spacial score (nSPS) is 26.9. The first kappa shape index (κ1) is 6.87. The van der Waals surface area contributed by atoms with Crippen LogP contribution in [0.5, 0.6) is 0 Å². The Morgan fingerprint density at radius 1 is 1.89 bits per heavy atom. The highest BCUT2D eigenvalue weighted by atomic mass is 35.5. The van der Waals surface area contributed by atoms with Gasteiger partial charge in [0.1, 0.15) is 5.84 Å². The van der Waals surface area contributed by atoms with E-state index in [1.54, 1.807) is 0 Å². The highest BCUT2D eigenvalue weighted by Gasteiger charge is 2.08. The monoisotopic (exact) mass is 146 g/mol. The quantitative estimate of drug-likeness (QED) is 0.549. The van der Waals surface area contributed by atoms with Crippen molar-refractivity contribution in [3.8, 4) is 0 Å². The Morgan fingerprint density at radius 2 is 2.67 bits per heavy atom.